The molecule has 8 heteroatoms. The molecule has 1 atom stereocenters. The van der Waals surface area contributed by atoms with E-state index in [1.54, 1.807) is 31.2 Å². The highest BCUT2D eigenvalue weighted by Gasteiger charge is 2.34. The van der Waals surface area contributed by atoms with Crippen LogP contribution < -0.4 is 4.72 Å². The Labute approximate surface area is 188 Å². The quantitative estimate of drug-likeness (QED) is 0.585. The highest BCUT2D eigenvalue weighted by Crippen LogP contribution is 2.22. The minimum Gasteiger partial charge on any atom is -0.274 e. The Morgan fingerprint density at radius 1 is 0.938 bits per heavy atom. The molecule has 0 saturated carbocycles. The SMILES string of the molecule is CC(C)Cc1ccc([C@@H](C)C(=O)NS(=O)(=O)CCCN2C(=O)c3ccccc3C2=O)cc1. The maximum absolute atomic E-state index is 12.5. The van der Waals surface area contributed by atoms with E-state index in [9.17, 15) is 22.8 Å². The van der Waals surface area contributed by atoms with E-state index in [-0.39, 0.29) is 18.7 Å². The predicted octanol–water partition coefficient (Wildman–Crippen LogP) is 3.12. The Morgan fingerprint density at radius 3 is 2.03 bits per heavy atom. The third-order valence-electron chi connectivity index (χ3n) is 5.45. The van der Waals surface area contributed by atoms with Crippen molar-refractivity contribution in [1.29, 1.82) is 0 Å². The van der Waals surface area contributed by atoms with Gasteiger partial charge in [-0.05, 0) is 48.9 Å². The number of amides is 3. The van der Waals surface area contributed by atoms with Gasteiger partial charge >= 0.3 is 0 Å². The first kappa shape index (κ1) is 23.7. The Balaban J connectivity index is 1.53. The second-order valence-corrected chi connectivity index (χ2v) is 10.3. The first-order valence-corrected chi connectivity index (χ1v) is 12.3. The van der Waals surface area contributed by atoms with Crippen molar-refractivity contribution in [3.8, 4) is 0 Å². The fourth-order valence-electron chi connectivity index (χ4n) is 3.71. The minimum atomic E-state index is -3.90. The summed E-state index contributed by atoms with van der Waals surface area (Å²) in [5.41, 5.74) is 2.54. The Kier molecular flexibility index (Phi) is 7.13. The van der Waals surface area contributed by atoms with Crippen LogP contribution in [0.2, 0.25) is 0 Å². The zero-order valence-corrected chi connectivity index (χ0v) is 19.3. The number of benzene rings is 2. The highest BCUT2D eigenvalue weighted by atomic mass is 32.2. The topological polar surface area (TPSA) is 101 Å². The van der Waals surface area contributed by atoms with Crippen LogP contribution in [0.3, 0.4) is 0 Å². The van der Waals surface area contributed by atoms with Gasteiger partial charge in [0.05, 0.1) is 22.8 Å². The first-order valence-electron chi connectivity index (χ1n) is 10.7. The summed E-state index contributed by atoms with van der Waals surface area (Å²) in [5, 5.41) is 0. The van der Waals surface area contributed by atoms with E-state index < -0.39 is 33.7 Å². The third-order valence-corrected chi connectivity index (χ3v) is 6.78. The molecule has 0 saturated heterocycles. The van der Waals surface area contributed by atoms with E-state index in [1.165, 1.54) is 0 Å². The Bertz CT molecular complexity index is 1090. The average Bonchev–Trinajstić information content (AvgIpc) is 2.98. The van der Waals surface area contributed by atoms with Crippen LogP contribution in [-0.2, 0) is 21.2 Å². The monoisotopic (exact) mass is 456 g/mol. The Morgan fingerprint density at radius 2 is 1.50 bits per heavy atom. The van der Waals surface area contributed by atoms with Gasteiger partial charge in [-0.3, -0.25) is 24.0 Å². The summed E-state index contributed by atoms with van der Waals surface area (Å²) < 4.78 is 26.9. The highest BCUT2D eigenvalue weighted by molar-refractivity contribution is 7.90. The van der Waals surface area contributed by atoms with Gasteiger partial charge in [-0.25, -0.2) is 8.42 Å². The van der Waals surface area contributed by atoms with E-state index in [2.05, 4.69) is 18.6 Å². The molecule has 32 heavy (non-hydrogen) atoms. The standard InChI is InChI=1S/C24H28N2O5S/c1-16(2)15-18-9-11-19(12-10-18)17(3)22(27)25-32(30,31)14-6-13-26-23(28)20-7-4-5-8-21(20)24(26)29/h4-5,7-12,16-17H,6,13-15H2,1-3H3,(H,25,27)/t17-/m1/s1. The zero-order valence-electron chi connectivity index (χ0n) is 18.5. The largest absolute Gasteiger partial charge is 0.274 e. The van der Waals surface area contributed by atoms with Crippen molar-refractivity contribution < 1.29 is 22.8 Å². The van der Waals surface area contributed by atoms with Crippen molar-refractivity contribution in [2.75, 3.05) is 12.3 Å². The molecule has 2 aromatic carbocycles. The van der Waals surface area contributed by atoms with Crippen LogP contribution in [0.1, 0.15) is 65.0 Å². The second kappa shape index (κ2) is 9.65. The van der Waals surface area contributed by atoms with Gasteiger partial charge < -0.3 is 0 Å². The molecule has 3 rings (SSSR count). The summed E-state index contributed by atoms with van der Waals surface area (Å²) in [6.07, 6.45) is 0.967. The molecular formula is C24H28N2O5S. The summed E-state index contributed by atoms with van der Waals surface area (Å²) in [6, 6.07) is 14.1. The molecule has 0 aromatic heterocycles. The summed E-state index contributed by atoms with van der Waals surface area (Å²) in [4.78, 5) is 38.2. The van der Waals surface area contributed by atoms with Crippen LogP contribution in [0, 0.1) is 5.92 Å². The molecular weight excluding hydrogens is 428 g/mol. The first-order chi connectivity index (χ1) is 15.1. The molecule has 0 bridgehead atoms. The van der Waals surface area contributed by atoms with Gasteiger partial charge in [0.2, 0.25) is 15.9 Å². The number of nitrogens with zero attached hydrogens (tertiary/aromatic N) is 1. The van der Waals surface area contributed by atoms with Crippen LogP contribution in [0.5, 0.6) is 0 Å². The number of nitrogens with one attached hydrogen (secondary N) is 1. The van der Waals surface area contributed by atoms with E-state index in [1.807, 2.05) is 24.3 Å². The lowest BCUT2D eigenvalue weighted by atomic mass is 9.96. The van der Waals surface area contributed by atoms with Crippen LogP contribution >= 0.6 is 0 Å². The van der Waals surface area contributed by atoms with Gasteiger partial charge in [0.1, 0.15) is 0 Å². The van der Waals surface area contributed by atoms with Crippen LogP contribution in [0.25, 0.3) is 0 Å². The molecule has 2 aromatic rings. The van der Waals surface area contributed by atoms with Crippen LogP contribution in [0.15, 0.2) is 48.5 Å². The van der Waals surface area contributed by atoms with Crippen molar-refractivity contribution in [3.63, 3.8) is 0 Å². The van der Waals surface area contributed by atoms with Crippen LogP contribution in [-0.4, -0.2) is 43.3 Å². The summed E-state index contributed by atoms with van der Waals surface area (Å²) in [5.74, 6) is -1.95. The van der Waals surface area contributed by atoms with Gasteiger partial charge in [-0.2, -0.15) is 0 Å². The molecule has 0 fully saturated rings. The number of hydrogen-bond donors (Lipinski definition) is 1. The third kappa shape index (κ3) is 5.43. The number of sulfonamides is 1. The number of hydrogen-bond acceptors (Lipinski definition) is 5. The molecule has 0 radical (unpaired) electrons. The number of imide groups is 1. The summed E-state index contributed by atoms with van der Waals surface area (Å²) in [6.45, 7) is 5.88. The zero-order chi connectivity index (χ0) is 23.5. The van der Waals surface area contributed by atoms with E-state index in [4.69, 9.17) is 0 Å². The predicted molar refractivity (Wildman–Crippen MR) is 122 cm³/mol. The van der Waals surface area contributed by atoms with Crippen molar-refractivity contribution in [1.82, 2.24) is 9.62 Å². The molecule has 7 nitrogen and oxygen atoms in total. The molecule has 170 valence electrons. The molecule has 0 aliphatic carbocycles. The fourth-order valence-corrected chi connectivity index (χ4v) is 4.81. The van der Waals surface area contributed by atoms with E-state index in [0.717, 1.165) is 22.4 Å². The minimum absolute atomic E-state index is 0.0334. The van der Waals surface area contributed by atoms with Gasteiger partial charge in [-0.15, -0.1) is 0 Å². The average molecular weight is 457 g/mol. The molecule has 0 unspecified atom stereocenters. The second-order valence-electron chi connectivity index (χ2n) is 8.51. The van der Waals surface area contributed by atoms with Gasteiger partial charge in [0.15, 0.2) is 0 Å². The van der Waals surface area contributed by atoms with Gasteiger partial charge in [0, 0.05) is 6.54 Å². The maximum Gasteiger partial charge on any atom is 0.261 e. The molecule has 3 amide bonds. The Hall–Kier alpha value is -3.00. The van der Waals surface area contributed by atoms with Crippen molar-refractivity contribution >= 4 is 27.7 Å². The summed E-state index contributed by atoms with van der Waals surface area (Å²) >= 11 is 0. The lowest BCUT2D eigenvalue weighted by molar-refractivity contribution is -0.120. The normalized spacial score (nSPS) is 14.6. The number of carbonyl (C=O) groups is 3. The molecule has 1 aliphatic heterocycles. The lowest BCUT2D eigenvalue weighted by Crippen LogP contribution is -2.37. The van der Waals surface area contributed by atoms with Crippen molar-refractivity contribution in [3.05, 3.63) is 70.8 Å². The van der Waals surface area contributed by atoms with Gasteiger partial charge in [-0.1, -0.05) is 50.2 Å². The fraction of sp³-hybridized carbons (Fsp3) is 0.375. The number of carbonyl (C=O) groups excluding carboxylic acids is 3. The van der Waals surface area contributed by atoms with E-state index in [0.29, 0.717) is 17.0 Å². The van der Waals surface area contributed by atoms with Crippen LogP contribution in [0.4, 0.5) is 0 Å². The van der Waals surface area contributed by atoms with Gasteiger partial charge in [0.25, 0.3) is 11.8 Å². The lowest BCUT2D eigenvalue weighted by Gasteiger charge is -2.16. The smallest absolute Gasteiger partial charge is 0.261 e. The van der Waals surface area contributed by atoms with Crippen molar-refractivity contribution in [2.45, 2.75) is 39.5 Å². The summed E-state index contributed by atoms with van der Waals surface area (Å²) in [7, 11) is -3.90. The number of fused-ring (bicyclic) bond motifs is 1. The maximum atomic E-state index is 12.5. The molecule has 1 aliphatic rings. The molecule has 1 heterocycles. The molecule has 0 spiro atoms. The number of rotatable bonds is 9. The van der Waals surface area contributed by atoms with Crippen molar-refractivity contribution in [2.24, 2.45) is 5.92 Å². The molecule has 1 N–H and O–H groups in total. The van der Waals surface area contributed by atoms with E-state index >= 15 is 0 Å².